The summed E-state index contributed by atoms with van der Waals surface area (Å²) in [5.41, 5.74) is 1.85. The van der Waals surface area contributed by atoms with Gasteiger partial charge < -0.3 is 15.0 Å². The van der Waals surface area contributed by atoms with E-state index in [1.54, 1.807) is 0 Å². The lowest BCUT2D eigenvalue weighted by Gasteiger charge is -2.29. The minimum atomic E-state index is -0.698. The van der Waals surface area contributed by atoms with Gasteiger partial charge in [0, 0.05) is 6.92 Å². The lowest BCUT2D eigenvalue weighted by atomic mass is 10.0. The number of carbonyl (C=O) groups excluding carboxylic acids is 4. The quantitative estimate of drug-likeness (QED) is 0.599. The molecule has 0 bridgehead atoms. The highest BCUT2D eigenvalue weighted by molar-refractivity contribution is 8.14. The molecule has 1 aliphatic rings. The SMILES string of the molecule is COC(=O)[C@@H]1CC[C@H](c2ccccc2)N1C(=O)CNC(=O)[C@H](Cc1ccccc1)SC(C)=O. The maximum atomic E-state index is 13.2. The maximum Gasteiger partial charge on any atom is 0.328 e. The first kappa shape index (κ1) is 24.5. The van der Waals surface area contributed by atoms with Gasteiger partial charge in [-0.3, -0.25) is 14.4 Å². The molecular formula is C25H28N2O5S. The predicted octanol–water partition coefficient (Wildman–Crippen LogP) is 2.90. The molecule has 0 unspecified atom stereocenters. The second kappa shape index (κ2) is 11.7. The highest BCUT2D eigenvalue weighted by Gasteiger charge is 2.42. The third-order valence-electron chi connectivity index (χ3n) is 5.61. The van der Waals surface area contributed by atoms with Crippen molar-refractivity contribution in [2.75, 3.05) is 13.7 Å². The molecule has 0 aliphatic carbocycles. The van der Waals surface area contributed by atoms with Crippen LogP contribution in [-0.4, -0.2) is 52.7 Å². The number of hydrogen-bond donors (Lipinski definition) is 1. The molecule has 2 amide bonds. The third-order valence-corrected chi connectivity index (χ3v) is 6.61. The fourth-order valence-corrected chi connectivity index (χ4v) is 4.98. The molecule has 0 radical (unpaired) electrons. The van der Waals surface area contributed by atoms with Gasteiger partial charge in [0.1, 0.15) is 6.04 Å². The number of nitrogens with one attached hydrogen (secondary N) is 1. The van der Waals surface area contributed by atoms with Crippen molar-refractivity contribution < 1.29 is 23.9 Å². The predicted molar refractivity (Wildman–Crippen MR) is 126 cm³/mol. The van der Waals surface area contributed by atoms with Crippen LogP contribution in [0.4, 0.5) is 0 Å². The van der Waals surface area contributed by atoms with Crippen molar-refractivity contribution in [2.24, 2.45) is 0 Å². The zero-order valence-corrected chi connectivity index (χ0v) is 19.5. The van der Waals surface area contributed by atoms with Crippen LogP contribution in [0, 0.1) is 0 Å². The summed E-state index contributed by atoms with van der Waals surface area (Å²) in [6, 6.07) is 17.9. The van der Waals surface area contributed by atoms with Gasteiger partial charge in [-0.25, -0.2) is 4.79 Å². The topological polar surface area (TPSA) is 92.8 Å². The van der Waals surface area contributed by atoms with E-state index >= 15 is 0 Å². The van der Waals surface area contributed by atoms with E-state index in [1.807, 2.05) is 60.7 Å². The van der Waals surface area contributed by atoms with Crippen molar-refractivity contribution in [3.05, 3.63) is 71.8 Å². The van der Waals surface area contributed by atoms with E-state index in [2.05, 4.69) is 5.32 Å². The van der Waals surface area contributed by atoms with E-state index in [4.69, 9.17) is 4.74 Å². The Bertz CT molecular complexity index is 983. The zero-order valence-electron chi connectivity index (χ0n) is 18.7. The van der Waals surface area contributed by atoms with Crippen molar-refractivity contribution in [3.63, 3.8) is 0 Å². The first-order chi connectivity index (χ1) is 15.9. The second-order valence-electron chi connectivity index (χ2n) is 7.85. The fourth-order valence-electron chi connectivity index (χ4n) is 4.11. The summed E-state index contributed by atoms with van der Waals surface area (Å²) in [5.74, 6) is -1.23. The Morgan fingerprint density at radius 2 is 1.67 bits per heavy atom. The van der Waals surface area contributed by atoms with E-state index < -0.39 is 23.2 Å². The third kappa shape index (κ3) is 6.44. The number of ether oxygens (including phenoxy) is 1. The minimum Gasteiger partial charge on any atom is -0.467 e. The molecular weight excluding hydrogens is 440 g/mol. The van der Waals surface area contributed by atoms with E-state index in [-0.39, 0.29) is 23.6 Å². The Hall–Kier alpha value is -3.13. The van der Waals surface area contributed by atoms with Gasteiger partial charge in [-0.2, -0.15) is 0 Å². The molecule has 0 aromatic heterocycles. The van der Waals surface area contributed by atoms with Crippen LogP contribution in [0.1, 0.15) is 36.9 Å². The number of rotatable bonds is 8. The molecule has 2 aromatic carbocycles. The molecule has 174 valence electrons. The summed E-state index contributed by atoms with van der Waals surface area (Å²) in [7, 11) is 1.30. The van der Waals surface area contributed by atoms with Crippen molar-refractivity contribution in [2.45, 2.75) is 43.5 Å². The van der Waals surface area contributed by atoms with Crippen molar-refractivity contribution in [1.82, 2.24) is 10.2 Å². The van der Waals surface area contributed by atoms with E-state index in [0.717, 1.165) is 22.9 Å². The van der Waals surface area contributed by atoms with Crippen molar-refractivity contribution in [3.8, 4) is 0 Å². The van der Waals surface area contributed by atoms with Gasteiger partial charge in [0.2, 0.25) is 11.8 Å². The van der Waals surface area contributed by atoms with Gasteiger partial charge in [-0.1, -0.05) is 72.4 Å². The van der Waals surface area contributed by atoms with E-state index in [0.29, 0.717) is 19.3 Å². The van der Waals surface area contributed by atoms with E-state index in [9.17, 15) is 19.2 Å². The highest BCUT2D eigenvalue weighted by atomic mass is 32.2. The maximum absolute atomic E-state index is 13.2. The lowest BCUT2D eigenvalue weighted by molar-refractivity contribution is -0.152. The molecule has 1 saturated heterocycles. The Morgan fingerprint density at radius 3 is 2.27 bits per heavy atom. The van der Waals surface area contributed by atoms with Crippen molar-refractivity contribution >= 4 is 34.7 Å². The Kier molecular flexibility index (Phi) is 8.65. The Morgan fingerprint density at radius 1 is 1.03 bits per heavy atom. The molecule has 1 heterocycles. The molecule has 1 N–H and O–H groups in total. The summed E-state index contributed by atoms with van der Waals surface area (Å²) in [6.07, 6.45) is 1.48. The first-order valence-corrected chi connectivity index (χ1v) is 11.7. The number of thioether (sulfide) groups is 1. The van der Waals surface area contributed by atoms with E-state index in [1.165, 1.54) is 18.9 Å². The molecule has 1 fully saturated rings. The number of carbonyl (C=O) groups is 4. The molecule has 8 heteroatoms. The number of hydrogen-bond acceptors (Lipinski definition) is 6. The van der Waals surface area contributed by atoms with Gasteiger partial charge >= 0.3 is 5.97 Å². The largest absolute Gasteiger partial charge is 0.467 e. The number of likely N-dealkylation sites (tertiary alicyclic amines) is 1. The first-order valence-electron chi connectivity index (χ1n) is 10.8. The van der Waals surface area contributed by atoms with Crippen LogP contribution in [0.15, 0.2) is 60.7 Å². The Labute approximate surface area is 197 Å². The van der Waals surface area contributed by atoms with Crippen LogP contribution in [0.2, 0.25) is 0 Å². The number of methoxy groups -OCH3 is 1. The molecule has 33 heavy (non-hydrogen) atoms. The van der Waals surface area contributed by atoms with Crippen LogP contribution in [0.5, 0.6) is 0 Å². The van der Waals surface area contributed by atoms with Crippen LogP contribution < -0.4 is 5.32 Å². The molecule has 0 spiro atoms. The number of esters is 1. The normalized spacial score (nSPS) is 18.4. The molecule has 7 nitrogen and oxygen atoms in total. The van der Waals surface area contributed by atoms with Crippen LogP contribution in [0.25, 0.3) is 0 Å². The average molecular weight is 469 g/mol. The van der Waals surface area contributed by atoms with Crippen LogP contribution in [0.3, 0.4) is 0 Å². The fraction of sp³-hybridized carbons (Fsp3) is 0.360. The summed E-state index contributed by atoms with van der Waals surface area (Å²) >= 11 is 0.943. The minimum absolute atomic E-state index is 0.174. The van der Waals surface area contributed by atoms with Gasteiger partial charge in [-0.15, -0.1) is 0 Å². The molecule has 0 saturated carbocycles. The lowest BCUT2D eigenvalue weighted by Crippen LogP contribution is -2.48. The molecule has 3 atom stereocenters. The van der Waals surface area contributed by atoms with Gasteiger partial charge in [-0.05, 0) is 30.4 Å². The van der Waals surface area contributed by atoms with Crippen molar-refractivity contribution in [1.29, 1.82) is 0 Å². The average Bonchev–Trinajstić information content (AvgIpc) is 3.27. The van der Waals surface area contributed by atoms with Crippen LogP contribution >= 0.6 is 11.8 Å². The summed E-state index contributed by atoms with van der Waals surface area (Å²) < 4.78 is 4.91. The van der Waals surface area contributed by atoms with Gasteiger partial charge in [0.25, 0.3) is 0 Å². The number of amides is 2. The standard InChI is InChI=1S/C25H28N2O5S/c1-17(28)33-22(15-18-9-5-3-6-10-18)24(30)26-16-23(29)27-20(19-11-7-4-8-12-19)13-14-21(27)25(31)32-2/h3-12,20-22H,13-16H2,1-2H3,(H,26,30)/t20-,21+,22+/m1/s1. The molecule has 2 aromatic rings. The summed E-state index contributed by atoms with van der Waals surface area (Å²) in [6.45, 7) is 1.15. The zero-order chi connectivity index (χ0) is 23.8. The van der Waals surface area contributed by atoms with Crippen LogP contribution in [-0.2, 0) is 30.3 Å². The second-order valence-corrected chi connectivity index (χ2v) is 9.23. The summed E-state index contributed by atoms with van der Waals surface area (Å²) in [4.78, 5) is 51.6. The Balaban J connectivity index is 1.71. The monoisotopic (exact) mass is 468 g/mol. The van der Waals surface area contributed by atoms with Gasteiger partial charge in [0.05, 0.1) is 24.9 Å². The molecule has 3 rings (SSSR count). The number of nitrogens with zero attached hydrogens (tertiary/aromatic N) is 1. The van der Waals surface area contributed by atoms with Gasteiger partial charge in [0.15, 0.2) is 5.12 Å². The number of benzene rings is 2. The smallest absolute Gasteiger partial charge is 0.328 e. The molecule has 1 aliphatic heterocycles. The highest BCUT2D eigenvalue weighted by Crippen LogP contribution is 2.36. The summed E-state index contributed by atoms with van der Waals surface area (Å²) in [5, 5.41) is 1.85.